The lowest BCUT2D eigenvalue weighted by atomic mass is 9.88. The second-order valence-electron chi connectivity index (χ2n) is 5.38. The molecule has 1 aliphatic heterocycles. The Balaban J connectivity index is 1.90. The van der Waals surface area contributed by atoms with E-state index in [-0.39, 0.29) is 11.6 Å². The Morgan fingerprint density at radius 2 is 2.18 bits per heavy atom. The highest BCUT2D eigenvalue weighted by Crippen LogP contribution is 2.40. The molecule has 0 aromatic heterocycles. The molecule has 17 heavy (non-hydrogen) atoms. The van der Waals surface area contributed by atoms with E-state index in [4.69, 9.17) is 9.47 Å². The van der Waals surface area contributed by atoms with Gasteiger partial charge in [0.25, 0.3) is 0 Å². The van der Waals surface area contributed by atoms with Gasteiger partial charge in [-0.05, 0) is 32.7 Å². The second-order valence-corrected chi connectivity index (χ2v) is 5.38. The molecule has 1 aliphatic carbocycles. The molecule has 1 atom stereocenters. The molecule has 0 amide bonds. The van der Waals surface area contributed by atoms with Crippen LogP contribution in [-0.2, 0) is 14.3 Å². The molecule has 1 spiro atoms. The molecular weight excluding hydrogens is 218 g/mol. The zero-order valence-electron chi connectivity index (χ0n) is 10.9. The first kappa shape index (κ1) is 12.8. The molecule has 4 nitrogen and oxygen atoms in total. The SMILES string of the molecule is COC(=O)CN(C)C1CCOC2(CCCC2)C1. The minimum absolute atomic E-state index is 0.118. The number of carbonyl (C=O) groups is 1. The number of hydrogen-bond acceptors (Lipinski definition) is 4. The van der Waals surface area contributed by atoms with Gasteiger partial charge in [0.2, 0.25) is 0 Å². The van der Waals surface area contributed by atoms with Crippen LogP contribution in [0.1, 0.15) is 38.5 Å². The average Bonchev–Trinajstić information content (AvgIpc) is 2.77. The lowest BCUT2D eigenvalue weighted by Gasteiger charge is -2.41. The Morgan fingerprint density at radius 1 is 1.47 bits per heavy atom. The van der Waals surface area contributed by atoms with Crippen molar-refractivity contribution in [1.82, 2.24) is 4.90 Å². The summed E-state index contributed by atoms with van der Waals surface area (Å²) in [4.78, 5) is 13.4. The molecule has 1 saturated heterocycles. The van der Waals surface area contributed by atoms with Crippen LogP contribution in [0, 0.1) is 0 Å². The summed E-state index contributed by atoms with van der Waals surface area (Å²) in [5, 5.41) is 0. The van der Waals surface area contributed by atoms with E-state index in [9.17, 15) is 4.79 Å². The van der Waals surface area contributed by atoms with E-state index in [1.54, 1.807) is 0 Å². The highest BCUT2D eigenvalue weighted by atomic mass is 16.5. The summed E-state index contributed by atoms with van der Waals surface area (Å²) < 4.78 is 10.7. The predicted molar refractivity (Wildman–Crippen MR) is 64.8 cm³/mol. The highest BCUT2D eigenvalue weighted by molar-refractivity contribution is 5.71. The first-order chi connectivity index (χ1) is 8.15. The van der Waals surface area contributed by atoms with Gasteiger partial charge in [-0.3, -0.25) is 9.69 Å². The fraction of sp³-hybridized carbons (Fsp3) is 0.923. The van der Waals surface area contributed by atoms with Crippen molar-refractivity contribution in [3.63, 3.8) is 0 Å². The molecule has 0 aromatic carbocycles. The van der Waals surface area contributed by atoms with Crippen LogP contribution in [0.2, 0.25) is 0 Å². The zero-order chi connectivity index (χ0) is 12.3. The number of ether oxygens (including phenoxy) is 2. The maximum absolute atomic E-state index is 11.3. The average molecular weight is 241 g/mol. The molecule has 0 N–H and O–H groups in total. The van der Waals surface area contributed by atoms with Crippen molar-refractivity contribution in [3.8, 4) is 0 Å². The molecule has 2 aliphatic rings. The second kappa shape index (κ2) is 5.36. The summed E-state index contributed by atoms with van der Waals surface area (Å²) in [6, 6.07) is 0.459. The molecule has 0 radical (unpaired) electrons. The Morgan fingerprint density at radius 3 is 2.82 bits per heavy atom. The lowest BCUT2D eigenvalue weighted by molar-refractivity contribution is -0.144. The molecule has 0 bridgehead atoms. The van der Waals surface area contributed by atoms with Gasteiger partial charge in [0.1, 0.15) is 0 Å². The lowest BCUT2D eigenvalue weighted by Crippen LogP contribution is -2.47. The Bertz CT molecular complexity index is 274. The molecule has 2 fully saturated rings. The van der Waals surface area contributed by atoms with E-state index in [0.717, 1.165) is 19.4 Å². The monoisotopic (exact) mass is 241 g/mol. The van der Waals surface area contributed by atoms with Crippen molar-refractivity contribution in [2.75, 3.05) is 27.3 Å². The fourth-order valence-corrected chi connectivity index (χ4v) is 3.14. The third kappa shape index (κ3) is 2.99. The Kier molecular flexibility index (Phi) is 4.05. The number of hydrogen-bond donors (Lipinski definition) is 0. The number of nitrogens with zero attached hydrogens (tertiary/aromatic N) is 1. The van der Waals surface area contributed by atoms with Gasteiger partial charge in [-0.25, -0.2) is 0 Å². The first-order valence-electron chi connectivity index (χ1n) is 6.56. The number of esters is 1. The smallest absolute Gasteiger partial charge is 0.319 e. The maximum Gasteiger partial charge on any atom is 0.319 e. The van der Waals surface area contributed by atoms with Gasteiger partial charge in [-0.2, -0.15) is 0 Å². The third-order valence-corrected chi connectivity index (χ3v) is 4.21. The van der Waals surface area contributed by atoms with Gasteiger partial charge in [0.15, 0.2) is 0 Å². The van der Waals surface area contributed by atoms with Crippen LogP contribution < -0.4 is 0 Å². The summed E-state index contributed by atoms with van der Waals surface area (Å²) in [5.74, 6) is -0.153. The molecule has 98 valence electrons. The van der Waals surface area contributed by atoms with E-state index in [1.807, 2.05) is 7.05 Å². The molecule has 0 aromatic rings. The minimum Gasteiger partial charge on any atom is -0.468 e. The van der Waals surface area contributed by atoms with Crippen LogP contribution in [0.4, 0.5) is 0 Å². The van der Waals surface area contributed by atoms with Crippen LogP contribution in [-0.4, -0.2) is 49.8 Å². The summed E-state index contributed by atoms with van der Waals surface area (Å²) >= 11 is 0. The van der Waals surface area contributed by atoms with Gasteiger partial charge in [0, 0.05) is 12.6 Å². The number of rotatable bonds is 3. The summed E-state index contributed by atoms with van der Waals surface area (Å²) in [7, 11) is 3.45. The molecule has 1 heterocycles. The Hall–Kier alpha value is -0.610. The Labute approximate surface area is 103 Å². The van der Waals surface area contributed by atoms with Gasteiger partial charge in [0.05, 0.1) is 19.3 Å². The summed E-state index contributed by atoms with van der Waals surface area (Å²) in [6.45, 7) is 1.22. The topological polar surface area (TPSA) is 38.8 Å². The van der Waals surface area contributed by atoms with E-state index in [1.165, 1.54) is 32.8 Å². The summed E-state index contributed by atoms with van der Waals surface area (Å²) in [5.41, 5.74) is 0.118. The third-order valence-electron chi connectivity index (χ3n) is 4.21. The number of methoxy groups -OCH3 is 1. The van der Waals surface area contributed by atoms with Crippen molar-refractivity contribution >= 4 is 5.97 Å². The van der Waals surface area contributed by atoms with Crippen LogP contribution in [0.15, 0.2) is 0 Å². The first-order valence-corrected chi connectivity index (χ1v) is 6.56. The molecular formula is C13H23NO3. The van der Waals surface area contributed by atoms with Crippen LogP contribution in [0.3, 0.4) is 0 Å². The standard InChI is InChI=1S/C13H23NO3/c1-14(10-12(15)16-2)11-5-8-17-13(9-11)6-3-4-7-13/h11H,3-10H2,1-2H3. The van der Waals surface area contributed by atoms with Gasteiger partial charge >= 0.3 is 5.97 Å². The van der Waals surface area contributed by atoms with E-state index in [2.05, 4.69) is 4.90 Å². The molecule has 1 saturated carbocycles. The van der Waals surface area contributed by atoms with E-state index >= 15 is 0 Å². The van der Waals surface area contributed by atoms with Crippen molar-refractivity contribution in [2.24, 2.45) is 0 Å². The quantitative estimate of drug-likeness (QED) is 0.703. The molecule has 4 heteroatoms. The number of likely N-dealkylation sites (N-methyl/N-ethyl adjacent to an activating group) is 1. The van der Waals surface area contributed by atoms with Gasteiger partial charge < -0.3 is 9.47 Å². The highest BCUT2D eigenvalue weighted by Gasteiger charge is 2.41. The van der Waals surface area contributed by atoms with Crippen molar-refractivity contribution in [1.29, 1.82) is 0 Å². The van der Waals surface area contributed by atoms with Crippen molar-refractivity contribution < 1.29 is 14.3 Å². The largest absolute Gasteiger partial charge is 0.468 e. The van der Waals surface area contributed by atoms with Crippen LogP contribution >= 0.6 is 0 Å². The van der Waals surface area contributed by atoms with Gasteiger partial charge in [-0.15, -0.1) is 0 Å². The van der Waals surface area contributed by atoms with Crippen LogP contribution in [0.5, 0.6) is 0 Å². The predicted octanol–water partition coefficient (Wildman–Crippen LogP) is 1.58. The minimum atomic E-state index is -0.153. The van der Waals surface area contributed by atoms with Gasteiger partial charge in [-0.1, -0.05) is 12.8 Å². The maximum atomic E-state index is 11.3. The zero-order valence-corrected chi connectivity index (χ0v) is 10.9. The van der Waals surface area contributed by atoms with Crippen molar-refractivity contribution in [2.45, 2.75) is 50.2 Å². The molecule has 2 rings (SSSR count). The van der Waals surface area contributed by atoms with Crippen molar-refractivity contribution in [3.05, 3.63) is 0 Å². The molecule has 1 unspecified atom stereocenters. The van der Waals surface area contributed by atoms with E-state index < -0.39 is 0 Å². The van der Waals surface area contributed by atoms with E-state index in [0.29, 0.717) is 12.6 Å². The number of carbonyl (C=O) groups excluding carboxylic acids is 1. The van der Waals surface area contributed by atoms with Crippen LogP contribution in [0.25, 0.3) is 0 Å². The normalized spacial score (nSPS) is 27.6. The summed E-state index contributed by atoms with van der Waals surface area (Å²) in [6.07, 6.45) is 7.04. The fourth-order valence-electron chi connectivity index (χ4n) is 3.14.